The first-order chi connectivity index (χ1) is 7.16. The fraction of sp³-hybridized carbons (Fsp3) is 0.900. The molecule has 1 spiro atoms. The van der Waals surface area contributed by atoms with Crippen LogP contribution in [0.25, 0.3) is 0 Å². The van der Waals surface area contributed by atoms with E-state index < -0.39 is 5.97 Å². The zero-order valence-electron chi connectivity index (χ0n) is 8.94. The van der Waals surface area contributed by atoms with Crippen molar-refractivity contribution in [3.05, 3.63) is 0 Å². The molecule has 2 saturated heterocycles. The van der Waals surface area contributed by atoms with Crippen molar-refractivity contribution in [3.8, 4) is 0 Å². The first-order valence-electron chi connectivity index (χ1n) is 5.27. The van der Waals surface area contributed by atoms with Gasteiger partial charge in [-0.25, -0.2) is 0 Å². The fourth-order valence-electron chi connectivity index (χ4n) is 2.64. The van der Waals surface area contributed by atoms with Crippen LogP contribution in [0.1, 0.15) is 12.8 Å². The van der Waals surface area contributed by atoms with Gasteiger partial charge in [0, 0.05) is 26.8 Å². The van der Waals surface area contributed by atoms with Crippen LogP contribution in [-0.2, 0) is 14.3 Å². The van der Waals surface area contributed by atoms with Crippen molar-refractivity contribution in [1.82, 2.24) is 4.90 Å². The maximum absolute atomic E-state index is 10.6. The molecule has 2 aliphatic rings. The smallest absolute Gasteiger partial charge is 0.317 e. The monoisotopic (exact) mass is 215 g/mol. The molecule has 5 nitrogen and oxygen atoms in total. The van der Waals surface area contributed by atoms with Gasteiger partial charge in [-0.05, 0) is 12.8 Å². The topological polar surface area (TPSA) is 59.0 Å². The molecule has 5 heteroatoms. The second-order valence-electron chi connectivity index (χ2n) is 4.30. The van der Waals surface area contributed by atoms with Crippen LogP contribution >= 0.6 is 0 Å². The lowest BCUT2D eigenvalue weighted by molar-refractivity contribution is -0.138. The summed E-state index contributed by atoms with van der Waals surface area (Å²) < 4.78 is 11.2. The molecular weight excluding hydrogens is 198 g/mol. The molecule has 2 atom stereocenters. The molecule has 2 fully saturated rings. The van der Waals surface area contributed by atoms with Crippen molar-refractivity contribution < 1.29 is 19.4 Å². The number of aliphatic carboxylic acids is 1. The molecule has 0 aromatic carbocycles. The van der Waals surface area contributed by atoms with E-state index in [4.69, 9.17) is 14.6 Å². The molecule has 2 rings (SSSR count). The minimum absolute atomic E-state index is 0.0133. The number of ether oxygens (including phenoxy) is 2. The third kappa shape index (κ3) is 2.00. The van der Waals surface area contributed by atoms with Crippen molar-refractivity contribution in [2.75, 3.05) is 33.4 Å². The highest BCUT2D eigenvalue weighted by atomic mass is 16.6. The van der Waals surface area contributed by atoms with Gasteiger partial charge in [0.1, 0.15) is 5.60 Å². The second kappa shape index (κ2) is 4.08. The van der Waals surface area contributed by atoms with Crippen LogP contribution in [-0.4, -0.2) is 61.0 Å². The zero-order chi connectivity index (χ0) is 10.9. The van der Waals surface area contributed by atoms with E-state index in [2.05, 4.69) is 0 Å². The van der Waals surface area contributed by atoms with Crippen molar-refractivity contribution in [1.29, 1.82) is 0 Å². The van der Waals surface area contributed by atoms with Gasteiger partial charge in [0.2, 0.25) is 0 Å². The zero-order valence-corrected chi connectivity index (χ0v) is 8.94. The van der Waals surface area contributed by atoms with Crippen LogP contribution in [0.3, 0.4) is 0 Å². The molecule has 2 heterocycles. The van der Waals surface area contributed by atoms with Crippen LogP contribution < -0.4 is 0 Å². The number of hydrogen-bond donors (Lipinski definition) is 1. The molecule has 2 aliphatic heterocycles. The number of carboxylic acids is 1. The lowest BCUT2D eigenvalue weighted by Gasteiger charge is -2.28. The van der Waals surface area contributed by atoms with Crippen LogP contribution in [0, 0.1) is 0 Å². The molecule has 0 aliphatic carbocycles. The molecule has 0 bridgehead atoms. The largest absolute Gasteiger partial charge is 0.480 e. The summed E-state index contributed by atoms with van der Waals surface area (Å²) in [5.41, 5.74) is -0.246. The Labute approximate surface area is 89.0 Å². The van der Waals surface area contributed by atoms with Gasteiger partial charge in [-0.1, -0.05) is 0 Å². The quantitative estimate of drug-likeness (QED) is 0.715. The molecule has 86 valence electrons. The SMILES string of the molecule is CO[C@H]1CN(CC(=O)O)C[C@@]12CCCO2. The number of likely N-dealkylation sites (tertiary alicyclic amines) is 1. The summed E-state index contributed by atoms with van der Waals surface area (Å²) in [5.74, 6) is -0.792. The van der Waals surface area contributed by atoms with Gasteiger partial charge in [0.15, 0.2) is 0 Å². The van der Waals surface area contributed by atoms with E-state index in [0.717, 1.165) is 19.4 Å². The van der Waals surface area contributed by atoms with Gasteiger partial charge in [-0.3, -0.25) is 9.69 Å². The lowest BCUT2D eigenvalue weighted by atomic mass is 9.97. The highest BCUT2D eigenvalue weighted by molar-refractivity contribution is 5.69. The third-order valence-electron chi connectivity index (χ3n) is 3.28. The Hall–Kier alpha value is -0.650. The summed E-state index contributed by atoms with van der Waals surface area (Å²) in [5, 5.41) is 8.74. The van der Waals surface area contributed by atoms with Gasteiger partial charge in [-0.15, -0.1) is 0 Å². The van der Waals surface area contributed by atoms with Gasteiger partial charge in [-0.2, -0.15) is 0 Å². The van der Waals surface area contributed by atoms with Crippen LogP contribution in [0.2, 0.25) is 0 Å². The number of carbonyl (C=O) groups is 1. The molecular formula is C10H17NO4. The van der Waals surface area contributed by atoms with Crippen LogP contribution in [0.5, 0.6) is 0 Å². The van der Waals surface area contributed by atoms with Crippen molar-refractivity contribution in [2.24, 2.45) is 0 Å². The van der Waals surface area contributed by atoms with E-state index in [9.17, 15) is 4.79 Å². The van der Waals surface area contributed by atoms with Gasteiger partial charge in [0.05, 0.1) is 12.6 Å². The summed E-state index contributed by atoms with van der Waals surface area (Å²) in [6.07, 6.45) is 2.03. The molecule has 0 unspecified atom stereocenters. The highest BCUT2D eigenvalue weighted by Crippen LogP contribution is 2.36. The Kier molecular flexibility index (Phi) is 2.95. The summed E-state index contributed by atoms with van der Waals surface area (Å²) in [4.78, 5) is 12.5. The predicted octanol–water partition coefficient (Wildman–Crippen LogP) is -0.0492. The second-order valence-corrected chi connectivity index (χ2v) is 4.30. The summed E-state index contributed by atoms with van der Waals surface area (Å²) in [6, 6.07) is 0. The van der Waals surface area contributed by atoms with E-state index in [-0.39, 0.29) is 18.2 Å². The number of carboxylic acid groups (broad SMARTS) is 1. The first kappa shape index (κ1) is 10.9. The number of nitrogens with zero attached hydrogens (tertiary/aromatic N) is 1. The summed E-state index contributed by atoms with van der Waals surface area (Å²) >= 11 is 0. The van der Waals surface area contributed by atoms with E-state index in [1.165, 1.54) is 0 Å². The minimum atomic E-state index is -0.792. The van der Waals surface area contributed by atoms with Crippen molar-refractivity contribution in [2.45, 2.75) is 24.5 Å². The molecule has 0 radical (unpaired) electrons. The number of hydrogen-bond acceptors (Lipinski definition) is 4. The number of rotatable bonds is 3. The maximum Gasteiger partial charge on any atom is 0.317 e. The van der Waals surface area contributed by atoms with Gasteiger partial charge >= 0.3 is 5.97 Å². The van der Waals surface area contributed by atoms with Crippen LogP contribution in [0.4, 0.5) is 0 Å². The van der Waals surface area contributed by atoms with E-state index in [1.54, 1.807) is 7.11 Å². The Bertz CT molecular complexity index is 250. The molecule has 0 aromatic rings. The third-order valence-corrected chi connectivity index (χ3v) is 3.28. The average molecular weight is 215 g/mol. The molecule has 0 amide bonds. The van der Waals surface area contributed by atoms with E-state index >= 15 is 0 Å². The Morgan fingerprint density at radius 2 is 2.53 bits per heavy atom. The molecule has 0 saturated carbocycles. The Balaban J connectivity index is 2.03. The van der Waals surface area contributed by atoms with Gasteiger partial charge < -0.3 is 14.6 Å². The van der Waals surface area contributed by atoms with Crippen LogP contribution in [0.15, 0.2) is 0 Å². The summed E-state index contributed by atoms with van der Waals surface area (Å²) in [7, 11) is 1.67. The van der Waals surface area contributed by atoms with Crippen molar-refractivity contribution >= 4 is 5.97 Å². The molecule has 15 heavy (non-hydrogen) atoms. The maximum atomic E-state index is 10.6. The van der Waals surface area contributed by atoms with Crippen molar-refractivity contribution in [3.63, 3.8) is 0 Å². The van der Waals surface area contributed by atoms with E-state index in [1.807, 2.05) is 4.90 Å². The van der Waals surface area contributed by atoms with E-state index in [0.29, 0.717) is 13.1 Å². The Morgan fingerprint density at radius 1 is 1.73 bits per heavy atom. The Morgan fingerprint density at radius 3 is 3.07 bits per heavy atom. The first-order valence-corrected chi connectivity index (χ1v) is 5.27. The molecule has 1 N–H and O–H groups in total. The lowest BCUT2D eigenvalue weighted by Crippen LogP contribution is -2.42. The predicted molar refractivity (Wildman–Crippen MR) is 52.8 cm³/mol. The summed E-state index contributed by atoms with van der Waals surface area (Å²) in [6.45, 7) is 2.17. The average Bonchev–Trinajstić information content (AvgIpc) is 2.74. The highest BCUT2D eigenvalue weighted by Gasteiger charge is 2.50. The fourth-order valence-corrected chi connectivity index (χ4v) is 2.64. The molecule has 0 aromatic heterocycles. The standard InChI is InChI=1S/C10H17NO4/c1-14-8-5-11(6-9(12)13)7-10(8)3-2-4-15-10/h8H,2-7H2,1H3,(H,12,13)/t8-,10-/m0/s1. The normalized spacial score (nSPS) is 36.5. The number of methoxy groups -OCH3 is 1. The van der Waals surface area contributed by atoms with Gasteiger partial charge in [0.25, 0.3) is 0 Å². The minimum Gasteiger partial charge on any atom is -0.480 e.